The summed E-state index contributed by atoms with van der Waals surface area (Å²) in [7, 11) is 1.69. The lowest BCUT2D eigenvalue weighted by Gasteiger charge is -2.09. The Bertz CT molecular complexity index is 392. The van der Waals surface area contributed by atoms with Gasteiger partial charge in [0.1, 0.15) is 18.5 Å². The molecule has 1 saturated heterocycles. The summed E-state index contributed by atoms with van der Waals surface area (Å²) in [6, 6.07) is 7.80. The van der Waals surface area contributed by atoms with Crippen LogP contribution in [0.3, 0.4) is 0 Å². The second-order valence-electron chi connectivity index (χ2n) is 3.90. The van der Waals surface area contributed by atoms with Crippen LogP contribution in [0.15, 0.2) is 24.3 Å². The van der Waals surface area contributed by atoms with Crippen LogP contribution in [0.1, 0.15) is 5.56 Å². The lowest BCUT2D eigenvalue weighted by Crippen LogP contribution is -2.19. The van der Waals surface area contributed by atoms with E-state index in [4.69, 9.17) is 17.8 Å². The molecule has 0 saturated carbocycles. The fourth-order valence-electron chi connectivity index (χ4n) is 1.54. The Morgan fingerprint density at radius 2 is 2.17 bits per heavy atom. The number of benzene rings is 1. The standard InChI is InChI=1S/C12H16O5S/c1-14-7-6-10-2-4-11(5-3-10)15-8-12-9-16-18(13)17-12/h2-5,12H,6-9H2,1H3. The van der Waals surface area contributed by atoms with E-state index in [0.29, 0.717) is 19.8 Å². The van der Waals surface area contributed by atoms with E-state index in [-0.39, 0.29) is 6.10 Å². The molecule has 0 radical (unpaired) electrons. The molecule has 0 bridgehead atoms. The fraction of sp³-hybridized carbons (Fsp3) is 0.500. The van der Waals surface area contributed by atoms with Crippen LogP contribution in [0.25, 0.3) is 0 Å². The number of hydrogen-bond acceptors (Lipinski definition) is 5. The molecule has 2 rings (SSSR count). The van der Waals surface area contributed by atoms with Crippen molar-refractivity contribution in [2.45, 2.75) is 12.5 Å². The van der Waals surface area contributed by atoms with Crippen molar-refractivity contribution in [3.8, 4) is 5.75 Å². The van der Waals surface area contributed by atoms with E-state index in [1.165, 1.54) is 5.56 Å². The molecule has 0 amide bonds. The first-order valence-electron chi connectivity index (χ1n) is 5.71. The molecule has 0 aliphatic carbocycles. The van der Waals surface area contributed by atoms with Gasteiger partial charge >= 0.3 is 11.4 Å². The van der Waals surface area contributed by atoms with Crippen molar-refractivity contribution in [1.29, 1.82) is 0 Å². The Kier molecular flexibility index (Phi) is 5.12. The third kappa shape index (κ3) is 4.06. The molecular formula is C12H16O5S. The predicted molar refractivity (Wildman–Crippen MR) is 66.5 cm³/mol. The average Bonchev–Trinajstić information content (AvgIpc) is 2.81. The molecule has 18 heavy (non-hydrogen) atoms. The molecule has 1 fully saturated rings. The zero-order chi connectivity index (χ0) is 12.8. The second-order valence-corrected chi connectivity index (χ2v) is 4.74. The summed E-state index contributed by atoms with van der Waals surface area (Å²) in [5, 5.41) is 0. The van der Waals surface area contributed by atoms with E-state index in [2.05, 4.69) is 0 Å². The monoisotopic (exact) mass is 272 g/mol. The Balaban J connectivity index is 1.77. The van der Waals surface area contributed by atoms with E-state index >= 15 is 0 Å². The van der Waals surface area contributed by atoms with Gasteiger partial charge in [-0.25, -0.2) is 0 Å². The molecule has 1 aromatic rings. The van der Waals surface area contributed by atoms with Crippen molar-refractivity contribution in [2.24, 2.45) is 0 Å². The van der Waals surface area contributed by atoms with Crippen molar-refractivity contribution in [2.75, 3.05) is 26.9 Å². The minimum Gasteiger partial charge on any atom is -0.491 e. The summed E-state index contributed by atoms with van der Waals surface area (Å²) in [6.45, 7) is 1.35. The average molecular weight is 272 g/mol. The third-order valence-corrected chi connectivity index (χ3v) is 3.28. The molecule has 5 nitrogen and oxygen atoms in total. The minimum absolute atomic E-state index is 0.265. The lowest BCUT2D eigenvalue weighted by atomic mass is 10.1. The molecule has 1 aliphatic heterocycles. The van der Waals surface area contributed by atoms with Crippen molar-refractivity contribution >= 4 is 11.4 Å². The number of rotatable bonds is 6. The SMILES string of the molecule is COCCc1ccc(OCC2COS(=O)O2)cc1. The maximum absolute atomic E-state index is 10.8. The molecule has 1 heterocycles. The van der Waals surface area contributed by atoms with E-state index in [9.17, 15) is 4.21 Å². The van der Waals surface area contributed by atoms with Gasteiger partial charge < -0.3 is 9.47 Å². The molecule has 6 heteroatoms. The number of ether oxygens (including phenoxy) is 2. The van der Waals surface area contributed by atoms with E-state index in [1.54, 1.807) is 7.11 Å². The lowest BCUT2D eigenvalue weighted by molar-refractivity contribution is 0.151. The maximum atomic E-state index is 10.8. The first-order chi connectivity index (χ1) is 8.78. The zero-order valence-corrected chi connectivity index (χ0v) is 11.0. The van der Waals surface area contributed by atoms with E-state index < -0.39 is 11.4 Å². The predicted octanol–water partition coefficient (Wildman–Crippen LogP) is 1.25. The van der Waals surface area contributed by atoms with Gasteiger partial charge in [-0.2, -0.15) is 4.21 Å². The fourth-order valence-corrected chi connectivity index (χ4v) is 2.19. The first kappa shape index (κ1) is 13.5. The van der Waals surface area contributed by atoms with Crippen molar-refractivity contribution in [3.05, 3.63) is 29.8 Å². The van der Waals surface area contributed by atoms with Gasteiger partial charge in [0, 0.05) is 7.11 Å². The highest BCUT2D eigenvalue weighted by Gasteiger charge is 2.23. The molecule has 0 spiro atoms. The summed E-state index contributed by atoms with van der Waals surface area (Å²) < 4.78 is 31.1. The highest BCUT2D eigenvalue weighted by atomic mass is 32.2. The molecule has 2 atom stereocenters. The topological polar surface area (TPSA) is 54.0 Å². The van der Waals surface area contributed by atoms with Gasteiger partial charge in [-0.05, 0) is 24.1 Å². The van der Waals surface area contributed by atoms with Crippen molar-refractivity contribution < 1.29 is 22.0 Å². The molecule has 0 N–H and O–H groups in total. The normalized spacial score (nSPS) is 23.2. The van der Waals surface area contributed by atoms with E-state index in [1.807, 2.05) is 24.3 Å². The van der Waals surface area contributed by atoms with Gasteiger partial charge in [-0.15, -0.1) is 0 Å². The number of hydrogen-bond donors (Lipinski definition) is 0. The smallest absolute Gasteiger partial charge is 0.305 e. The van der Waals surface area contributed by atoms with Crippen LogP contribution in [0.2, 0.25) is 0 Å². The van der Waals surface area contributed by atoms with Gasteiger partial charge in [0.05, 0.1) is 13.2 Å². The van der Waals surface area contributed by atoms with Gasteiger partial charge in [0.2, 0.25) is 0 Å². The van der Waals surface area contributed by atoms with Gasteiger partial charge in [0.15, 0.2) is 0 Å². The van der Waals surface area contributed by atoms with Crippen LogP contribution in [0.5, 0.6) is 5.75 Å². The minimum atomic E-state index is -1.61. The summed E-state index contributed by atoms with van der Waals surface area (Å²) >= 11 is -1.61. The largest absolute Gasteiger partial charge is 0.491 e. The zero-order valence-electron chi connectivity index (χ0n) is 10.2. The van der Waals surface area contributed by atoms with Gasteiger partial charge in [0.25, 0.3) is 0 Å². The van der Waals surface area contributed by atoms with Crippen LogP contribution in [0, 0.1) is 0 Å². The quantitative estimate of drug-likeness (QED) is 0.780. The Labute approximate surface area is 109 Å². The van der Waals surface area contributed by atoms with Crippen LogP contribution in [-0.2, 0) is 30.9 Å². The Morgan fingerprint density at radius 1 is 1.39 bits per heavy atom. The summed E-state index contributed by atoms with van der Waals surface area (Å²) in [5.74, 6) is 0.762. The summed E-state index contributed by atoms with van der Waals surface area (Å²) in [5.41, 5.74) is 1.20. The molecule has 1 aliphatic rings. The summed E-state index contributed by atoms with van der Waals surface area (Å²) in [6.07, 6.45) is 0.619. The van der Waals surface area contributed by atoms with Crippen LogP contribution < -0.4 is 4.74 Å². The molecule has 100 valence electrons. The second kappa shape index (κ2) is 6.84. The molecule has 1 aromatic carbocycles. The van der Waals surface area contributed by atoms with Gasteiger partial charge in [-0.1, -0.05) is 12.1 Å². The summed E-state index contributed by atoms with van der Waals surface area (Å²) in [4.78, 5) is 0. The van der Waals surface area contributed by atoms with Crippen LogP contribution in [0.4, 0.5) is 0 Å². The van der Waals surface area contributed by atoms with Gasteiger partial charge in [-0.3, -0.25) is 8.37 Å². The third-order valence-electron chi connectivity index (χ3n) is 2.52. The van der Waals surface area contributed by atoms with E-state index in [0.717, 1.165) is 12.2 Å². The van der Waals surface area contributed by atoms with Crippen LogP contribution >= 0.6 is 0 Å². The molecular weight excluding hydrogens is 256 g/mol. The van der Waals surface area contributed by atoms with Crippen molar-refractivity contribution in [3.63, 3.8) is 0 Å². The maximum Gasteiger partial charge on any atom is 0.305 e. The number of methoxy groups -OCH3 is 1. The first-order valence-corrected chi connectivity index (χ1v) is 6.71. The Morgan fingerprint density at radius 3 is 2.78 bits per heavy atom. The highest BCUT2D eigenvalue weighted by molar-refractivity contribution is 7.75. The molecule has 0 aromatic heterocycles. The Hall–Kier alpha value is -0.950. The highest BCUT2D eigenvalue weighted by Crippen LogP contribution is 2.15. The molecule has 2 unspecified atom stereocenters. The van der Waals surface area contributed by atoms with Crippen LogP contribution in [-0.4, -0.2) is 37.2 Å². The van der Waals surface area contributed by atoms with Crippen molar-refractivity contribution in [1.82, 2.24) is 0 Å².